The fourth-order valence-electron chi connectivity index (χ4n) is 3.10. The first-order valence-electron chi connectivity index (χ1n) is 7.52. The van der Waals surface area contributed by atoms with E-state index in [1.165, 1.54) is 0 Å². The second-order valence-corrected chi connectivity index (χ2v) is 11.3. The van der Waals surface area contributed by atoms with Gasteiger partial charge in [-0.05, 0) is 12.1 Å². The molecule has 0 radical (unpaired) electrons. The molecule has 0 spiro atoms. The summed E-state index contributed by atoms with van der Waals surface area (Å²) in [5.74, 6) is 1.54. The zero-order valence-corrected chi connectivity index (χ0v) is 15.6. The van der Waals surface area contributed by atoms with Crippen LogP contribution in [0.2, 0.25) is 16.6 Å². The van der Waals surface area contributed by atoms with Gasteiger partial charge >= 0.3 is 0 Å². The molecule has 116 valence electrons. The van der Waals surface area contributed by atoms with E-state index in [9.17, 15) is 0 Å². The lowest BCUT2D eigenvalue weighted by atomic mass is 10.3. The molecule has 0 amide bonds. The Morgan fingerprint density at radius 2 is 1.00 bits per heavy atom. The largest absolute Gasteiger partial charge is 0.493 e. The zero-order chi connectivity index (χ0) is 15.7. The highest BCUT2D eigenvalue weighted by Crippen LogP contribution is 2.29. The molecular weight excluding hydrogens is 264 g/mol. The van der Waals surface area contributed by atoms with E-state index in [1.54, 1.807) is 14.2 Å². The molecule has 0 saturated carbocycles. The maximum absolute atomic E-state index is 5.01. The van der Waals surface area contributed by atoms with Crippen molar-refractivity contribution in [1.82, 2.24) is 0 Å². The summed E-state index contributed by atoms with van der Waals surface area (Å²) in [7, 11) is 2.79. The van der Waals surface area contributed by atoms with Crippen molar-refractivity contribution >= 4 is 8.80 Å². The van der Waals surface area contributed by atoms with E-state index in [1.807, 2.05) is 24.3 Å². The highest BCUT2D eigenvalue weighted by molar-refractivity contribution is 6.63. The van der Waals surface area contributed by atoms with Crippen molar-refractivity contribution in [3.8, 4) is 11.5 Å². The lowest BCUT2D eigenvalue weighted by Crippen LogP contribution is -2.24. The summed E-state index contributed by atoms with van der Waals surface area (Å²) in [6, 6.07) is 7.53. The van der Waals surface area contributed by atoms with Gasteiger partial charge in [-0.3, -0.25) is 0 Å². The van der Waals surface area contributed by atoms with Gasteiger partial charge < -0.3 is 9.47 Å². The number of ether oxygens (including phenoxy) is 2. The van der Waals surface area contributed by atoms with Crippen LogP contribution in [0.5, 0.6) is 11.5 Å². The molecule has 1 aromatic rings. The van der Waals surface area contributed by atoms with Gasteiger partial charge in [0.2, 0.25) is 0 Å². The van der Waals surface area contributed by atoms with Gasteiger partial charge in [-0.1, -0.05) is 70.3 Å². The third-order valence-electron chi connectivity index (χ3n) is 3.60. The minimum Gasteiger partial charge on any atom is -0.493 e. The molecule has 0 N–H and O–H groups in total. The Balaban J connectivity index is 0.000000361. The monoisotopic (exact) mass is 296 g/mol. The van der Waals surface area contributed by atoms with Crippen LogP contribution in [0.4, 0.5) is 0 Å². The molecule has 0 fully saturated rings. The third kappa shape index (κ3) is 6.46. The number of hydrogen-bond donors (Lipinski definition) is 0. The Morgan fingerprint density at radius 3 is 1.15 bits per heavy atom. The summed E-state index contributed by atoms with van der Waals surface area (Å²) in [5.41, 5.74) is 2.92. The lowest BCUT2D eigenvalue weighted by Gasteiger charge is -2.26. The van der Waals surface area contributed by atoms with E-state index < -0.39 is 8.80 Å². The smallest absolute Gasteiger partial charge is 0.160 e. The highest BCUT2D eigenvalue weighted by Gasteiger charge is 2.22. The Morgan fingerprint density at radius 1 is 0.700 bits per heavy atom. The first-order valence-corrected chi connectivity index (χ1v) is 9.52. The van der Waals surface area contributed by atoms with E-state index in [0.717, 1.165) is 28.1 Å². The summed E-state index contributed by atoms with van der Waals surface area (Å²) in [5, 5.41) is 0. The van der Waals surface area contributed by atoms with Crippen LogP contribution < -0.4 is 9.47 Å². The van der Waals surface area contributed by atoms with Gasteiger partial charge in [-0.2, -0.15) is 0 Å². The minimum atomic E-state index is -0.454. The predicted molar refractivity (Wildman–Crippen MR) is 92.0 cm³/mol. The summed E-state index contributed by atoms with van der Waals surface area (Å²) in [4.78, 5) is 0. The molecule has 1 aromatic carbocycles. The maximum atomic E-state index is 5.01. The van der Waals surface area contributed by atoms with Crippen molar-refractivity contribution in [2.24, 2.45) is 0 Å². The first-order chi connectivity index (χ1) is 9.34. The van der Waals surface area contributed by atoms with Gasteiger partial charge in [-0.15, -0.1) is 0 Å². The summed E-state index contributed by atoms with van der Waals surface area (Å²) in [6.07, 6.45) is 0. The van der Waals surface area contributed by atoms with Gasteiger partial charge in [0.1, 0.15) is 0 Å². The number of para-hydroxylation sites is 2. The highest BCUT2D eigenvalue weighted by atomic mass is 28.3. The molecule has 0 bridgehead atoms. The van der Waals surface area contributed by atoms with Crippen molar-refractivity contribution in [2.45, 2.75) is 58.2 Å². The van der Waals surface area contributed by atoms with E-state index >= 15 is 0 Å². The second kappa shape index (κ2) is 9.86. The van der Waals surface area contributed by atoms with Gasteiger partial charge in [0.05, 0.1) is 14.2 Å². The molecule has 0 aliphatic carbocycles. The SMILES string of the molecule is CC(C)[SiH](C(C)C)C(C)C.COc1ccccc1OC. The Bertz CT molecular complexity index is 320. The van der Waals surface area contributed by atoms with E-state index in [2.05, 4.69) is 41.5 Å². The van der Waals surface area contributed by atoms with E-state index in [-0.39, 0.29) is 0 Å². The molecule has 0 unspecified atom stereocenters. The van der Waals surface area contributed by atoms with Crippen molar-refractivity contribution in [1.29, 1.82) is 0 Å². The number of rotatable bonds is 5. The molecule has 2 nitrogen and oxygen atoms in total. The predicted octanol–water partition coefficient (Wildman–Crippen LogP) is 5.15. The van der Waals surface area contributed by atoms with Crippen LogP contribution >= 0.6 is 0 Å². The number of methoxy groups -OCH3 is 2. The van der Waals surface area contributed by atoms with Crippen LogP contribution in [0.3, 0.4) is 0 Å². The lowest BCUT2D eigenvalue weighted by molar-refractivity contribution is 0.355. The molecule has 0 saturated heterocycles. The second-order valence-electron chi connectivity index (χ2n) is 6.16. The van der Waals surface area contributed by atoms with Crippen molar-refractivity contribution in [2.75, 3.05) is 14.2 Å². The van der Waals surface area contributed by atoms with Gasteiger partial charge in [-0.25, -0.2) is 0 Å². The van der Waals surface area contributed by atoms with Gasteiger partial charge in [0, 0.05) is 8.80 Å². The van der Waals surface area contributed by atoms with Crippen molar-refractivity contribution in [3.05, 3.63) is 24.3 Å². The average molecular weight is 297 g/mol. The summed E-state index contributed by atoms with van der Waals surface area (Å²) in [6.45, 7) is 14.3. The van der Waals surface area contributed by atoms with Crippen molar-refractivity contribution < 1.29 is 9.47 Å². The fraction of sp³-hybridized carbons (Fsp3) is 0.647. The van der Waals surface area contributed by atoms with Gasteiger partial charge in [0.15, 0.2) is 11.5 Å². The van der Waals surface area contributed by atoms with E-state index in [4.69, 9.17) is 9.47 Å². The summed E-state index contributed by atoms with van der Waals surface area (Å²) < 4.78 is 10.0. The third-order valence-corrected chi connectivity index (χ3v) is 8.22. The Hall–Kier alpha value is -0.963. The molecule has 3 heteroatoms. The van der Waals surface area contributed by atoms with Crippen LogP contribution in [0.25, 0.3) is 0 Å². The zero-order valence-electron chi connectivity index (χ0n) is 14.4. The Labute approximate surface area is 127 Å². The van der Waals surface area contributed by atoms with Crippen LogP contribution in [0.1, 0.15) is 41.5 Å². The van der Waals surface area contributed by atoms with Gasteiger partial charge in [0.25, 0.3) is 0 Å². The maximum Gasteiger partial charge on any atom is 0.160 e. The average Bonchev–Trinajstić information content (AvgIpc) is 2.37. The number of hydrogen-bond acceptors (Lipinski definition) is 2. The first kappa shape index (κ1) is 19.0. The number of benzene rings is 1. The Kier molecular flexibility index (Phi) is 9.39. The van der Waals surface area contributed by atoms with Crippen LogP contribution in [-0.2, 0) is 0 Å². The fourth-order valence-corrected chi connectivity index (χ4v) is 7.72. The van der Waals surface area contributed by atoms with Crippen LogP contribution in [-0.4, -0.2) is 23.0 Å². The molecule has 0 aliphatic rings. The molecule has 0 aromatic heterocycles. The minimum absolute atomic E-state index is 0.454. The van der Waals surface area contributed by atoms with E-state index in [0.29, 0.717) is 0 Å². The molecule has 0 atom stereocenters. The molecule has 0 aliphatic heterocycles. The molecule has 1 rings (SSSR count). The topological polar surface area (TPSA) is 18.5 Å². The van der Waals surface area contributed by atoms with Crippen LogP contribution in [0.15, 0.2) is 24.3 Å². The quantitative estimate of drug-likeness (QED) is 0.700. The standard InChI is InChI=1S/C9H22Si.C8H10O2/c1-7(2)10(8(3)4)9(5)6;1-9-7-5-3-4-6-8(7)10-2/h7-10H,1-6H3;3-6H,1-2H3. The van der Waals surface area contributed by atoms with Crippen LogP contribution in [0, 0.1) is 0 Å². The molecular formula is C17H32O2Si. The molecule has 0 heterocycles. The summed E-state index contributed by atoms with van der Waals surface area (Å²) >= 11 is 0. The van der Waals surface area contributed by atoms with Crippen molar-refractivity contribution in [3.63, 3.8) is 0 Å². The normalized spacial score (nSPS) is 10.8. The molecule has 20 heavy (non-hydrogen) atoms.